The van der Waals surface area contributed by atoms with Crippen LogP contribution in [0, 0.1) is 0 Å². The standard InChI is InChI=1S/C16H23N3OS/c1-14(2)19(13-15-11-17-18(3)12-15)9-10-21(20)16-7-5-4-6-8-16/h4-8,11-12,14H,9-10,13H2,1-3H3. The Hall–Kier alpha value is -1.46. The van der Waals surface area contributed by atoms with Crippen LogP contribution in [0.1, 0.15) is 19.4 Å². The summed E-state index contributed by atoms with van der Waals surface area (Å²) in [5.74, 6) is 0.655. The van der Waals surface area contributed by atoms with Crippen LogP contribution in [-0.4, -0.2) is 37.2 Å². The molecule has 0 bridgehead atoms. The first-order chi connectivity index (χ1) is 10.1. The van der Waals surface area contributed by atoms with E-state index in [1.54, 1.807) is 0 Å². The summed E-state index contributed by atoms with van der Waals surface area (Å²) in [5, 5.41) is 4.20. The molecular formula is C16H23N3OS. The van der Waals surface area contributed by atoms with Gasteiger partial charge in [0.15, 0.2) is 0 Å². The normalized spacial score (nSPS) is 13.0. The molecule has 21 heavy (non-hydrogen) atoms. The second-order valence-corrected chi connectivity index (χ2v) is 7.02. The molecule has 1 heterocycles. The van der Waals surface area contributed by atoms with Crippen molar-refractivity contribution in [1.29, 1.82) is 0 Å². The summed E-state index contributed by atoms with van der Waals surface area (Å²) in [6, 6.07) is 10.1. The van der Waals surface area contributed by atoms with Gasteiger partial charge in [0, 0.05) is 48.6 Å². The highest BCUT2D eigenvalue weighted by molar-refractivity contribution is 7.85. The van der Waals surface area contributed by atoms with Crippen LogP contribution >= 0.6 is 0 Å². The molecule has 0 spiro atoms. The molecule has 0 amide bonds. The number of aryl methyl sites for hydroxylation is 1. The summed E-state index contributed by atoms with van der Waals surface area (Å²) < 4.78 is 14.1. The molecule has 1 atom stereocenters. The monoisotopic (exact) mass is 305 g/mol. The van der Waals surface area contributed by atoms with Gasteiger partial charge in [-0.1, -0.05) is 18.2 Å². The van der Waals surface area contributed by atoms with Crippen LogP contribution in [0.2, 0.25) is 0 Å². The molecule has 0 aliphatic heterocycles. The summed E-state index contributed by atoms with van der Waals surface area (Å²) in [7, 11) is 0.988. The third kappa shape index (κ3) is 4.79. The Balaban J connectivity index is 1.93. The molecule has 114 valence electrons. The Morgan fingerprint density at radius 3 is 2.57 bits per heavy atom. The van der Waals surface area contributed by atoms with Crippen LogP contribution in [0.5, 0.6) is 0 Å². The van der Waals surface area contributed by atoms with Crippen molar-refractivity contribution in [2.45, 2.75) is 31.3 Å². The number of benzene rings is 1. The Morgan fingerprint density at radius 1 is 1.29 bits per heavy atom. The molecule has 1 aromatic carbocycles. The van der Waals surface area contributed by atoms with Gasteiger partial charge in [0.05, 0.1) is 17.0 Å². The van der Waals surface area contributed by atoms with Gasteiger partial charge in [-0.3, -0.25) is 13.8 Å². The van der Waals surface area contributed by atoms with Gasteiger partial charge in [-0.05, 0) is 26.0 Å². The molecule has 0 N–H and O–H groups in total. The van der Waals surface area contributed by atoms with Gasteiger partial charge < -0.3 is 0 Å². The average molecular weight is 305 g/mol. The summed E-state index contributed by atoms with van der Waals surface area (Å²) in [6.07, 6.45) is 3.92. The summed E-state index contributed by atoms with van der Waals surface area (Å²) in [4.78, 5) is 3.24. The molecule has 0 fully saturated rings. The van der Waals surface area contributed by atoms with Crippen LogP contribution in [0.15, 0.2) is 47.6 Å². The van der Waals surface area contributed by atoms with E-state index in [0.29, 0.717) is 11.8 Å². The minimum Gasteiger partial charge on any atom is -0.296 e. The topological polar surface area (TPSA) is 38.1 Å². The van der Waals surface area contributed by atoms with E-state index in [9.17, 15) is 4.21 Å². The predicted molar refractivity (Wildman–Crippen MR) is 86.5 cm³/mol. The predicted octanol–water partition coefficient (Wildman–Crippen LogP) is 2.44. The highest BCUT2D eigenvalue weighted by Gasteiger charge is 2.13. The maximum atomic E-state index is 12.3. The second kappa shape index (κ2) is 7.52. The minimum atomic E-state index is -0.936. The van der Waals surface area contributed by atoms with E-state index >= 15 is 0 Å². The lowest BCUT2D eigenvalue weighted by Gasteiger charge is -2.25. The Morgan fingerprint density at radius 2 is 2.00 bits per heavy atom. The van der Waals surface area contributed by atoms with Crippen LogP contribution in [0.4, 0.5) is 0 Å². The molecule has 0 aliphatic rings. The van der Waals surface area contributed by atoms with Crippen molar-refractivity contribution in [2.24, 2.45) is 7.05 Å². The smallest absolute Gasteiger partial charge is 0.0542 e. The zero-order valence-corrected chi connectivity index (χ0v) is 13.7. The number of hydrogen-bond donors (Lipinski definition) is 0. The van der Waals surface area contributed by atoms with Gasteiger partial charge in [-0.2, -0.15) is 5.10 Å². The third-order valence-electron chi connectivity index (χ3n) is 3.44. The zero-order valence-electron chi connectivity index (χ0n) is 12.9. The van der Waals surface area contributed by atoms with Crippen molar-refractivity contribution >= 4 is 10.8 Å². The highest BCUT2D eigenvalue weighted by atomic mass is 32.2. The zero-order chi connectivity index (χ0) is 15.2. The van der Waals surface area contributed by atoms with Crippen molar-refractivity contribution in [3.8, 4) is 0 Å². The summed E-state index contributed by atoms with van der Waals surface area (Å²) in [5.41, 5.74) is 1.19. The quantitative estimate of drug-likeness (QED) is 0.788. The van der Waals surface area contributed by atoms with Crippen LogP contribution < -0.4 is 0 Å². The van der Waals surface area contributed by atoms with Gasteiger partial charge in [-0.15, -0.1) is 0 Å². The van der Waals surface area contributed by atoms with Gasteiger partial charge in [0.25, 0.3) is 0 Å². The fraction of sp³-hybridized carbons (Fsp3) is 0.438. The Labute approximate surface area is 129 Å². The van der Waals surface area contributed by atoms with Crippen molar-refractivity contribution in [2.75, 3.05) is 12.3 Å². The molecule has 1 aromatic heterocycles. The lowest BCUT2D eigenvalue weighted by molar-refractivity contribution is 0.226. The lowest BCUT2D eigenvalue weighted by Crippen LogP contribution is -2.33. The molecule has 5 heteroatoms. The average Bonchev–Trinajstić information content (AvgIpc) is 2.89. The molecular weight excluding hydrogens is 282 g/mol. The fourth-order valence-corrected chi connectivity index (χ4v) is 3.29. The molecule has 0 aliphatic carbocycles. The first-order valence-electron chi connectivity index (χ1n) is 7.21. The minimum absolute atomic E-state index is 0.415. The summed E-state index contributed by atoms with van der Waals surface area (Å²) in [6.45, 7) is 6.00. The highest BCUT2D eigenvalue weighted by Crippen LogP contribution is 2.10. The molecule has 1 unspecified atom stereocenters. The van der Waals surface area contributed by atoms with E-state index < -0.39 is 10.8 Å². The summed E-state index contributed by atoms with van der Waals surface area (Å²) >= 11 is 0. The van der Waals surface area contributed by atoms with Crippen LogP contribution in [0.25, 0.3) is 0 Å². The van der Waals surface area contributed by atoms with Crippen molar-refractivity contribution in [3.63, 3.8) is 0 Å². The van der Waals surface area contributed by atoms with Gasteiger partial charge >= 0.3 is 0 Å². The SMILES string of the molecule is CC(C)N(CCS(=O)c1ccccc1)Cc1cnn(C)c1. The first-order valence-corrected chi connectivity index (χ1v) is 8.53. The van der Waals surface area contributed by atoms with E-state index in [2.05, 4.69) is 23.8 Å². The van der Waals surface area contributed by atoms with Gasteiger partial charge in [-0.25, -0.2) is 0 Å². The van der Waals surface area contributed by atoms with Crippen LogP contribution in [0.3, 0.4) is 0 Å². The fourth-order valence-electron chi connectivity index (χ4n) is 2.20. The third-order valence-corrected chi connectivity index (χ3v) is 4.80. The molecule has 2 aromatic rings. The van der Waals surface area contributed by atoms with Gasteiger partial charge in [0.2, 0.25) is 0 Å². The maximum absolute atomic E-state index is 12.3. The van der Waals surface area contributed by atoms with Crippen LogP contribution in [-0.2, 0) is 24.4 Å². The van der Waals surface area contributed by atoms with Gasteiger partial charge in [0.1, 0.15) is 0 Å². The van der Waals surface area contributed by atoms with Crippen molar-refractivity contribution < 1.29 is 4.21 Å². The first kappa shape index (κ1) is 15.9. The second-order valence-electron chi connectivity index (χ2n) is 5.45. The van der Waals surface area contributed by atoms with E-state index in [1.807, 2.05) is 54.5 Å². The van der Waals surface area contributed by atoms with E-state index in [1.165, 1.54) is 5.56 Å². The molecule has 0 radical (unpaired) electrons. The number of rotatable bonds is 7. The van der Waals surface area contributed by atoms with E-state index in [0.717, 1.165) is 18.0 Å². The van der Waals surface area contributed by atoms with Crippen molar-refractivity contribution in [1.82, 2.24) is 14.7 Å². The Kier molecular flexibility index (Phi) is 5.70. The molecule has 2 rings (SSSR count). The largest absolute Gasteiger partial charge is 0.296 e. The maximum Gasteiger partial charge on any atom is 0.0542 e. The lowest BCUT2D eigenvalue weighted by atomic mass is 10.2. The number of hydrogen-bond acceptors (Lipinski definition) is 3. The van der Waals surface area contributed by atoms with E-state index in [4.69, 9.17) is 0 Å². The number of aromatic nitrogens is 2. The Bertz CT molecular complexity index is 580. The van der Waals surface area contributed by atoms with Crippen molar-refractivity contribution in [3.05, 3.63) is 48.3 Å². The molecule has 0 saturated heterocycles. The van der Waals surface area contributed by atoms with E-state index in [-0.39, 0.29) is 0 Å². The number of nitrogens with zero attached hydrogens (tertiary/aromatic N) is 3. The molecule has 4 nitrogen and oxygen atoms in total. The molecule has 0 saturated carbocycles.